The van der Waals surface area contributed by atoms with Crippen LogP contribution in [0.25, 0.3) is 0 Å². The molecule has 2 aliphatic rings. The van der Waals surface area contributed by atoms with Gasteiger partial charge in [-0.15, -0.1) is 0 Å². The van der Waals surface area contributed by atoms with E-state index in [0.29, 0.717) is 5.92 Å². The minimum Gasteiger partial charge on any atom is -0.489 e. The van der Waals surface area contributed by atoms with Gasteiger partial charge in [-0.25, -0.2) is 4.98 Å². The van der Waals surface area contributed by atoms with Gasteiger partial charge < -0.3 is 14.4 Å². The Morgan fingerprint density at radius 3 is 2.60 bits per heavy atom. The zero-order chi connectivity index (χ0) is 14.3. The van der Waals surface area contributed by atoms with Crippen LogP contribution in [0, 0.1) is 0 Å². The summed E-state index contributed by atoms with van der Waals surface area (Å²) in [6, 6.07) is 2.21. The lowest BCUT2D eigenvalue weighted by atomic mass is 10.1. The van der Waals surface area contributed by atoms with E-state index in [4.69, 9.17) is 14.5 Å². The Hall–Kier alpha value is -1.29. The van der Waals surface area contributed by atoms with E-state index in [1.807, 2.05) is 0 Å². The van der Waals surface area contributed by atoms with Crippen LogP contribution < -0.4 is 9.64 Å². The molecule has 2 atom stereocenters. The largest absolute Gasteiger partial charge is 0.489 e. The molecule has 110 valence electrons. The van der Waals surface area contributed by atoms with Crippen molar-refractivity contribution in [1.29, 1.82) is 0 Å². The highest BCUT2D eigenvalue weighted by Crippen LogP contribution is 2.37. The molecular weight excluding hydrogens is 252 g/mol. The SMILES string of the molecule is CC1CN(c2nc(C(C)C)cc3c2OCC3)CC(C)O1. The van der Waals surface area contributed by atoms with Crippen molar-refractivity contribution in [2.75, 3.05) is 24.6 Å². The Morgan fingerprint density at radius 1 is 1.25 bits per heavy atom. The Labute approximate surface area is 121 Å². The fourth-order valence-corrected chi connectivity index (χ4v) is 3.06. The molecule has 0 aromatic carbocycles. The standard InChI is InChI=1S/C16H24N2O2/c1-10(2)14-7-13-5-6-19-15(13)16(17-14)18-8-11(3)20-12(4)9-18/h7,10-12H,5-6,8-9H2,1-4H3. The number of fused-ring (bicyclic) bond motifs is 1. The minimum absolute atomic E-state index is 0.236. The van der Waals surface area contributed by atoms with E-state index < -0.39 is 0 Å². The van der Waals surface area contributed by atoms with Gasteiger partial charge in [-0.3, -0.25) is 0 Å². The van der Waals surface area contributed by atoms with Crippen LogP contribution in [0.3, 0.4) is 0 Å². The van der Waals surface area contributed by atoms with Crippen LogP contribution in [0.1, 0.15) is 44.9 Å². The molecule has 1 aromatic rings. The lowest BCUT2D eigenvalue weighted by molar-refractivity contribution is -0.00558. The molecule has 4 heteroatoms. The van der Waals surface area contributed by atoms with Crippen molar-refractivity contribution in [3.8, 4) is 5.75 Å². The van der Waals surface area contributed by atoms with Crippen LogP contribution in [-0.4, -0.2) is 36.9 Å². The number of nitrogens with zero attached hydrogens (tertiary/aromatic N) is 2. The lowest BCUT2D eigenvalue weighted by Gasteiger charge is -2.36. The first-order valence-corrected chi connectivity index (χ1v) is 7.61. The van der Waals surface area contributed by atoms with Crippen molar-refractivity contribution in [1.82, 2.24) is 4.98 Å². The first-order valence-electron chi connectivity index (χ1n) is 7.61. The summed E-state index contributed by atoms with van der Waals surface area (Å²) >= 11 is 0. The van der Waals surface area contributed by atoms with Crippen molar-refractivity contribution >= 4 is 5.82 Å². The molecule has 0 saturated carbocycles. The molecule has 2 aliphatic heterocycles. The van der Waals surface area contributed by atoms with Gasteiger partial charge in [-0.05, 0) is 25.8 Å². The van der Waals surface area contributed by atoms with E-state index >= 15 is 0 Å². The number of rotatable bonds is 2. The highest BCUT2D eigenvalue weighted by Gasteiger charge is 2.29. The Morgan fingerprint density at radius 2 is 1.95 bits per heavy atom. The molecule has 0 aliphatic carbocycles. The van der Waals surface area contributed by atoms with Crippen LogP contribution in [0.2, 0.25) is 0 Å². The Bertz CT molecular complexity index is 491. The van der Waals surface area contributed by atoms with E-state index in [1.54, 1.807) is 0 Å². The summed E-state index contributed by atoms with van der Waals surface area (Å²) in [5.41, 5.74) is 2.47. The van der Waals surface area contributed by atoms with Crippen molar-refractivity contribution < 1.29 is 9.47 Å². The molecule has 2 unspecified atom stereocenters. The van der Waals surface area contributed by atoms with E-state index in [9.17, 15) is 0 Å². The maximum absolute atomic E-state index is 5.84. The summed E-state index contributed by atoms with van der Waals surface area (Å²) in [5.74, 6) is 2.46. The molecule has 1 aromatic heterocycles. The number of aromatic nitrogens is 1. The van der Waals surface area contributed by atoms with Gasteiger partial charge >= 0.3 is 0 Å². The van der Waals surface area contributed by atoms with Crippen LogP contribution in [0.4, 0.5) is 5.82 Å². The summed E-state index contributed by atoms with van der Waals surface area (Å²) in [4.78, 5) is 7.21. The minimum atomic E-state index is 0.236. The van der Waals surface area contributed by atoms with Gasteiger partial charge in [0.2, 0.25) is 0 Å². The average molecular weight is 276 g/mol. The summed E-state index contributed by atoms with van der Waals surface area (Å²) in [6.45, 7) is 11.2. The zero-order valence-electron chi connectivity index (χ0n) is 12.8. The molecule has 0 bridgehead atoms. The Balaban J connectivity index is 1.99. The molecule has 0 spiro atoms. The first kappa shape index (κ1) is 13.7. The average Bonchev–Trinajstić information content (AvgIpc) is 2.84. The van der Waals surface area contributed by atoms with Crippen LogP contribution in [0.15, 0.2) is 6.07 Å². The van der Waals surface area contributed by atoms with Gasteiger partial charge in [0.15, 0.2) is 11.6 Å². The fraction of sp³-hybridized carbons (Fsp3) is 0.688. The molecule has 3 rings (SSSR count). The summed E-state index contributed by atoms with van der Waals surface area (Å²) in [5, 5.41) is 0. The second kappa shape index (κ2) is 5.24. The number of morpholine rings is 1. The third-order valence-electron chi connectivity index (χ3n) is 3.98. The van der Waals surface area contributed by atoms with Crippen LogP contribution >= 0.6 is 0 Å². The molecule has 4 nitrogen and oxygen atoms in total. The van der Waals surface area contributed by atoms with Gasteiger partial charge in [0.25, 0.3) is 0 Å². The molecule has 3 heterocycles. The van der Waals surface area contributed by atoms with Crippen molar-refractivity contribution in [3.63, 3.8) is 0 Å². The highest BCUT2D eigenvalue weighted by molar-refractivity contribution is 5.59. The van der Waals surface area contributed by atoms with E-state index in [-0.39, 0.29) is 12.2 Å². The molecular formula is C16H24N2O2. The number of hydrogen-bond donors (Lipinski definition) is 0. The molecule has 0 amide bonds. The predicted octanol–water partition coefficient (Wildman–Crippen LogP) is 2.75. The van der Waals surface area contributed by atoms with E-state index in [0.717, 1.165) is 43.4 Å². The fourth-order valence-electron chi connectivity index (χ4n) is 3.06. The molecule has 0 radical (unpaired) electrons. The second-order valence-electron chi connectivity index (χ2n) is 6.27. The molecule has 1 fully saturated rings. The van der Waals surface area contributed by atoms with Crippen LogP contribution in [0.5, 0.6) is 5.75 Å². The normalized spacial score (nSPS) is 25.8. The first-order chi connectivity index (χ1) is 9.54. The smallest absolute Gasteiger partial charge is 0.172 e. The maximum atomic E-state index is 5.84. The number of anilines is 1. The Kier molecular flexibility index (Phi) is 3.59. The van der Waals surface area contributed by atoms with Gasteiger partial charge in [0.1, 0.15) is 0 Å². The highest BCUT2D eigenvalue weighted by atomic mass is 16.5. The topological polar surface area (TPSA) is 34.6 Å². The van der Waals surface area contributed by atoms with Gasteiger partial charge in [0, 0.05) is 30.8 Å². The van der Waals surface area contributed by atoms with E-state index in [2.05, 4.69) is 38.7 Å². The molecule has 0 N–H and O–H groups in total. The molecule has 1 saturated heterocycles. The van der Waals surface area contributed by atoms with Crippen molar-refractivity contribution in [3.05, 3.63) is 17.3 Å². The van der Waals surface area contributed by atoms with Crippen molar-refractivity contribution in [2.45, 2.75) is 52.2 Å². The summed E-state index contributed by atoms with van der Waals surface area (Å²) in [6.07, 6.45) is 1.47. The van der Waals surface area contributed by atoms with Gasteiger partial charge in [-0.1, -0.05) is 13.8 Å². The number of pyridine rings is 1. The second-order valence-corrected chi connectivity index (χ2v) is 6.27. The predicted molar refractivity (Wildman–Crippen MR) is 79.7 cm³/mol. The summed E-state index contributed by atoms with van der Waals surface area (Å²) < 4.78 is 11.7. The summed E-state index contributed by atoms with van der Waals surface area (Å²) in [7, 11) is 0. The number of ether oxygens (including phenoxy) is 2. The van der Waals surface area contributed by atoms with Crippen molar-refractivity contribution in [2.24, 2.45) is 0 Å². The van der Waals surface area contributed by atoms with Gasteiger partial charge in [-0.2, -0.15) is 0 Å². The third-order valence-corrected chi connectivity index (χ3v) is 3.98. The quantitative estimate of drug-likeness (QED) is 0.832. The van der Waals surface area contributed by atoms with Crippen LogP contribution in [-0.2, 0) is 11.2 Å². The zero-order valence-corrected chi connectivity index (χ0v) is 12.8. The monoisotopic (exact) mass is 276 g/mol. The van der Waals surface area contributed by atoms with E-state index in [1.165, 1.54) is 5.56 Å². The third kappa shape index (κ3) is 2.49. The molecule has 20 heavy (non-hydrogen) atoms. The number of hydrogen-bond acceptors (Lipinski definition) is 4. The van der Waals surface area contributed by atoms with Gasteiger partial charge in [0.05, 0.1) is 18.8 Å². The lowest BCUT2D eigenvalue weighted by Crippen LogP contribution is -2.46. The maximum Gasteiger partial charge on any atom is 0.172 e.